The van der Waals surface area contributed by atoms with Gasteiger partial charge in [-0.15, -0.1) is 0 Å². The quantitative estimate of drug-likeness (QED) is 0.447. The fourth-order valence-corrected chi connectivity index (χ4v) is 2.01. The van der Waals surface area contributed by atoms with Gasteiger partial charge in [0.15, 0.2) is 0 Å². The molecule has 9 nitrogen and oxygen atoms in total. The molecule has 2 rings (SSSR count). The van der Waals surface area contributed by atoms with Crippen LogP contribution in [0.4, 0.5) is 10.5 Å². The zero-order chi connectivity index (χ0) is 15.6. The van der Waals surface area contributed by atoms with Gasteiger partial charge in [0.1, 0.15) is 5.92 Å². The van der Waals surface area contributed by atoms with Crippen molar-refractivity contribution in [2.24, 2.45) is 0 Å². The Bertz CT molecular complexity index is 612. The van der Waals surface area contributed by atoms with E-state index in [1.807, 2.05) is 5.32 Å². The van der Waals surface area contributed by atoms with Gasteiger partial charge in [-0.05, 0) is 5.56 Å². The van der Waals surface area contributed by atoms with E-state index in [-0.39, 0.29) is 17.8 Å². The molecule has 1 saturated heterocycles. The van der Waals surface area contributed by atoms with Crippen LogP contribution in [0.25, 0.3) is 0 Å². The van der Waals surface area contributed by atoms with Crippen LogP contribution in [0.3, 0.4) is 0 Å². The number of carbonyl (C=O) groups is 3. The molecule has 2 N–H and O–H groups in total. The van der Waals surface area contributed by atoms with Gasteiger partial charge >= 0.3 is 6.03 Å². The number of carbonyl (C=O) groups excluding carboxylic acids is 3. The van der Waals surface area contributed by atoms with E-state index < -0.39 is 35.3 Å². The van der Waals surface area contributed by atoms with Crippen molar-refractivity contribution >= 4 is 23.5 Å². The summed E-state index contributed by atoms with van der Waals surface area (Å²) < 4.78 is 0. The minimum absolute atomic E-state index is 0.175. The summed E-state index contributed by atoms with van der Waals surface area (Å²) >= 11 is 0. The van der Waals surface area contributed by atoms with Crippen LogP contribution >= 0.6 is 0 Å². The van der Waals surface area contributed by atoms with Crippen LogP contribution in [0, 0.1) is 10.1 Å². The molecule has 0 aliphatic carbocycles. The molecular weight excluding hydrogens is 282 g/mol. The van der Waals surface area contributed by atoms with Crippen LogP contribution < -0.4 is 5.32 Å². The highest BCUT2D eigenvalue weighted by molar-refractivity contribution is 6.19. The van der Waals surface area contributed by atoms with Crippen molar-refractivity contribution in [3.05, 3.63) is 39.9 Å². The Morgan fingerprint density at radius 2 is 1.86 bits per heavy atom. The molecule has 1 heterocycles. The molecule has 0 radical (unpaired) electrons. The Hall–Kier alpha value is -2.81. The molecule has 21 heavy (non-hydrogen) atoms. The molecule has 0 spiro atoms. The van der Waals surface area contributed by atoms with Crippen LogP contribution in [-0.2, 0) is 9.59 Å². The Morgan fingerprint density at radius 3 is 2.38 bits per heavy atom. The topological polar surface area (TPSA) is 130 Å². The van der Waals surface area contributed by atoms with Crippen molar-refractivity contribution in [1.29, 1.82) is 0 Å². The van der Waals surface area contributed by atoms with Crippen LogP contribution in [0.1, 0.15) is 11.5 Å². The van der Waals surface area contributed by atoms with Gasteiger partial charge in [0.25, 0.3) is 5.69 Å². The maximum Gasteiger partial charge on any atom is 0.330 e. The first kappa shape index (κ1) is 14.6. The van der Waals surface area contributed by atoms with Crippen molar-refractivity contribution in [3.63, 3.8) is 0 Å². The predicted octanol–water partition coefficient (Wildman–Crippen LogP) is -0.251. The van der Waals surface area contributed by atoms with Crippen molar-refractivity contribution in [1.82, 2.24) is 10.2 Å². The second kappa shape index (κ2) is 5.67. The third kappa shape index (κ3) is 2.72. The van der Waals surface area contributed by atoms with E-state index >= 15 is 0 Å². The maximum absolute atomic E-state index is 12.2. The number of benzene rings is 1. The van der Waals surface area contributed by atoms with Crippen LogP contribution in [0.2, 0.25) is 0 Å². The predicted molar refractivity (Wildman–Crippen MR) is 68.2 cm³/mol. The first-order chi connectivity index (χ1) is 9.95. The number of rotatable bonds is 4. The van der Waals surface area contributed by atoms with Crippen LogP contribution in [0.15, 0.2) is 24.3 Å². The fourth-order valence-electron chi connectivity index (χ4n) is 2.01. The fraction of sp³-hybridized carbons (Fsp3) is 0.250. The Labute approximate surface area is 118 Å². The summed E-state index contributed by atoms with van der Waals surface area (Å²) in [5, 5.41) is 21.4. The van der Waals surface area contributed by atoms with E-state index in [0.29, 0.717) is 0 Å². The number of nitro groups is 1. The third-order valence-electron chi connectivity index (χ3n) is 3.01. The molecule has 1 aliphatic rings. The summed E-state index contributed by atoms with van der Waals surface area (Å²) in [6.07, 6.45) is 0. The Kier molecular flexibility index (Phi) is 3.94. The van der Waals surface area contributed by atoms with Gasteiger partial charge in [-0.1, -0.05) is 12.1 Å². The van der Waals surface area contributed by atoms with Crippen molar-refractivity contribution in [2.45, 2.75) is 5.92 Å². The highest BCUT2D eigenvalue weighted by Crippen LogP contribution is 2.24. The highest BCUT2D eigenvalue weighted by Gasteiger charge is 2.41. The monoisotopic (exact) mass is 293 g/mol. The molecule has 4 amide bonds. The summed E-state index contributed by atoms with van der Waals surface area (Å²) in [7, 11) is 0. The molecule has 1 aliphatic heterocycles. The molecule has 0 saturated carbocycles. The SMILES string of the molecule is O=C1NC(=O)N(CCO)C(=O)C1c1ccc([N+](=O)[O-])cc1. The average molecular weight is 293 g/mol. The van der Waals surface area contributed by atoms with Crippen molar-refractivity contribution in [3.8, 4) is 0 Å². The molecule has 110 valence electrons. The zero-order valence-electron chi connectivity index (χ0n) is 10.7. The second-order valence-electron chi connectivity index (χ2n) is 4.29. The van der Waals surface area contributed by atoms with E-state index in [4.69, 9.17) is 5.11 Å². The minimum Gasteiger partial charge on any atom is -0.395 e. The van der Waals surface area contributed by atoms with E-state index in [9.17, 15) is 24.5 Å². The number of aliphatic hydroxyl groups is 1. The van der Waals surface area contributed by atoms with Gasteiger partial charge in [-0.2, -0.15) is 0 Å². The lowest BCUT2D eigenvalue weighted by Gasteiger charge is -2.29. The molecule has 1 aromatic carbocycles. The molecule has 1 atom stereocenters. The summed E-state index contributed by atoms with van der Waals surface area (Å²) in [5.41, 5.74) is 0.0595. The summed E-state index contributed by atoms with van der Waals surface area (Å²) in [4.78, 5) is 46.2. The van der Waals surface area contributed by atoms with Gasteiger partial charge in [0, 0.05) is 12.1 Å². The van der Waals surface area contributed by atoms with Gasteiger partial charge in [-0.25, -0.2) is 4.79 Å². The molecule has 1 aromatic rings. The largest absolute Gasteiger partial charge is 0.395 e. The summed E-state index contributed by atoms with van der Waals surface area (Å²) in [6.45, 7) is -0.665. The van der Waals surface area contributed by atoms with E-state index in [2.05, 4.69) is 0 Å². The number of imide groups is 2. The number of β-amino-alcohol motifs (C(OH)–C–C–N with tert-alkyl or cyclic N) is 1. The highest BCUT2D eigenvalue weighted by atomic mass is 16.6. The zero-order valence-corrected chi connectivity index (χ0v) is 10.7. The maximum atomic E-state index is 12.2. The first-order valence-corrected chi connectivity index (χ1v) is 5.97. The van der Waals surface area contributed by atoms with Crippen molar-refractivity contribution < 1.29 is 24.4 Å². The Morgan fingerprint density at radius 1 is 1.24 bits per heavy atom. The van der Waals surface area contributed by atoms with Crippen LogP contribution in [-0.4, -0.2) is 45.9 Å². The number of barbiturate groups is 1. The third-order valence-corrected chi connectivity index (χ3v) is 3.01. The number of non-ortho nitro benzene ring substituents is 1. The number of urea groups is 1. The van der Waals surface area contributed by atoms with Gasteiger partial charge in [0.2, 0.25) is 11.8 Å². The van der Waals surface area contributed by atoms with E-state index in [1.165, 1.54) is 24.3 Å². The molecule has 1 fully saturated rings. The van der Waals surface area contributed by atoms with Gasteiger partial charge < -0.3 is 5.11 Å². The standard InChI is InChI=1S/C12H11N3O6/c16-6-5-14-11(18)9(10(17)13-12(14)19)7-1-3-8(4-2-7)15(20)21/h1-4,9,16H,5-6H2,(H,13,17,19). The average Bonchev–Trinajstić information content (AvgIpc) is 2.44. The number of nitro benzene ring substituents is 1. The molecule has 0 aromatic heterocycles. The van der Waals surface area contributed by atoms with Gasteiger partial charge in [-0.3, -0.25) is 29.9 Å². The van der Waals surface area contributed by atoms with E-state index in [1.54, 1.807) is 0 Å². The lowest BCUT2D eigenvalue weighted by atomic mass is 9.95. The number of nitrogens with zero attached hydrogens (tertiary/aromatic N) is 2. The lowest BCUT2D eigenvalue weighted by molar-refractivity contribution is -0.384. The lowest BCUT2D eigenvalue weighted by Crippen LogP contribution is -2.57. The van der Waals surface area contributed by atoms with Crippen LogP contribution in [0.5, 0.6) is 0 Å². The summed E-state index contributed by atoms with van der Waals surface area (Å²) in [5.74, 6) is -2.84. The second-order valence-corrected chi connectivity index (χ2v) is 4.29. The first-order valence-electron chi connectivity index (χ1n) is 5.97. The molecule has 0 bridgehead atoms. The number of hydrogen-bond donors (Lipinski definition) is 2. The number of amides is 4. The number of nitrogens with one attached hydrogen (secondary N) is 1. The minimum atomic E-state index is -1.27. The number of aliphatic hydroxyl groups excluding tert-OH is 1. The normalized spacial score (nSPS) is 18.6. The number of hydrogen-bond acceptors (Lipinski definition) is 6. The smallest absolute Gasteiger partial charge is 0.330 e. The molecular formula is C12H11N3O6. The summed E-state index contributed by atoms with van der Waals surface area (Å²) in [6, 6.07) is 4.02. The van der Waals surface area contributed by atoms with Crippen molar-refractivity contribution in [2.75, 3.05) is 13.2 Å². The molecule has 9 heteroatoms. The van der Waals surface area contributed by atoms with E-state index in [0.717, 1.165) is 4.90 Å². The van der Waals surface area contributed by atoms with Gasteiger partial charge in [0.05, 0.1) is 18.1 Å². The Balaban J connectivity index is 2.32. The molecule has 1 unspecified atom stereocenters.